The molecule has 0 aromatic rings. The van der Waals surface area contributed by atoms with Gasteiger partial charge in [0.15, 0.2) is 0 Å². The zero-order valence-corrected chi connectivity index (χ0v) is 36.4. The highest BCUT2D eigenvalue weighted by atomic mass is 16.6. The summed E-state index contributed by atoms with van der Waals surface area (Å²) >= 11 is 0. The van der Waals surface area contributed by atoms with Crippen molar-refractivity contribution >= 4 is 29.6 Å². The molecule has 0 bridgehead atoms. The highest BCUT2D eigenvalue weighted by Gasteiger charge is 2.49. The summed E-state index contributed by atoms with van der Waals surface area (Å²) in [4.78, 5) is 79.6. The zero-order chi connectivity index (χ0) is 41.2. The number of rotatable bonds is 11. The Morgan fingerprint density at radius 3 is 1.93 bits per heavy atom. The number of likely N-dealkylation sites (tertiary alicyclic amines) is 4. The van der Waals surface area contributed by atoms with E-state index in [9.17, 15) is 24.0 Å². The SMILES string of the molecule is CC(C)[C@@H](CN1CCC[C@H]1C(=O)N1CCC[C@H]1C(=O)N1C[C@H](OC(C)(C)C)C[C@H]1C(=O)OC(C)(C)C)N(C)C(=O)[C@@H](NC(=O)C1CCCCN1C)C(C)(C)C. The third kappa shape index (κ3) is 11.4. The van der Waals surface area contributed by atoms with Gasteiger partial charge in [0, 0.05) is 39.1 Å². The summed E-state index contributed by atoms with van der Waals surface area (Å²) in [5, 5.41) is 3.14. The Balaban J connectivity index is 1.49. The minimum Gasteiger partial charge on any atom is -0.458 e. The van der Waals surface area contributed by atoms with Gasteiger partial charge in [-0.2, -0.15) is 0 Å². The second-order valence-electron chi connectivity index (χ2n) is 20.0. The summed E-state index contributed by atoms with van der Waals surface area (Å²) in [6.45, 7) is 24.3. The summed E-state index contributed by atoms with van der Waals surface area (Å²) in [6, 6.07) is -3.05. The summed E-state index contributed by atoms with van der Waals surface area (Å²) < 4.78 is 12.0. The molecule has 13 nitrogen and oxygen atoms in total. The lowest BCUT2D eigenvalue weighted by Gasteiger charge is -2.41. The first kappa shape index (κ1) is 44.9. The van der Waals surface area contributed by atoms with Gasteiger partial charge < -0.3 is 29.5 Å². The molecule has 1 unspecified atom stereocenters. The Kier molecular flexibility index (Phi) is 14.5. The van der Waals surface area contributed by atoms with Gasteiger partial charge in [-0.05, 0) is 112 Å². The number of nitrogens with one attached hydrogen (secondary N) is 1. The number of carbonyl (C=O) groups is 5. The molecule has 0 aromatic heterocycles. The normalized spacial score (nSPS) is 27.0. The van der Waals surface area contributed by atoms with Gasteiger partial charge in [0.2, 0.25) is 23.6 Å². The molecular weight excluding hydrogens is 700 g/mol. The van der Waals surface area contributed by atoms with E-state index in [-0.39, 0.29) is 54.3 Å². The van der Waals surface area contributed by atoms with Crippen LogP contribution in [0.5, 0.6) is 0 Å². The average molecular weight is 775 g/mol. The molecule has 4 aliphatic rings. The van der Waals surface area contributed by atoms with Crippen LogP contribution in [0.3, 0.4) is 0 Å². The number of hydrogen-bond acceptors (Lipinski definition) is 9. The van der Waals surface area contributed by atoms with Crippen LogP contribution < -0.4 is 5.32 Å². The predicted octanol–water partition coefficient (Wildman–Crippen LogP) is 4.07. The van der Waals surface area contributed by atoms with Crippen LogP contribution in [0.25, 0.3) is 0 Å². The van der Waals surface area contributed by atoms with Crippen molar-refractivity contribution in [3.63, 3.8) is 0 Å². The molecular formula is C42H74N6O7. The first-order valence-electron chi connectivity index (χ1n) is 20.9. The fourth-order valence-electron chi connectivity index (χ4n) is 8.90. The van der Waals surface area contributed by atoms with Crippen LogP contribution in [-0.4, -0.2) is 154 Å². The largest absolute Gasteiger partial charge is 0.458 e. The lowest BCUT2D eigenvalue weighted by atomic mass is 9.84. The van der Waals surface area contributed by atoms with E-state index < -0.39 is 46.8 Å². The summed E-state index contributed by atoms with van der Waals surface area (Å²) in [7, 11) is 3.79. The first-order valence-corrected chi connectivity index (χ1v) is 20.9. The van der Waals surface area contributed by atoms with Crippen molar-refractivity contribution in [1.82, 2.24) is 29.8 Å². The van der Waals surface area contributed by atoms with Gasteiger partial charge in [-0.15, -0.1) is 0 Å². The highest BCUT2D eigenvalue weighted by molar-refractivity contribution is 5.93. The van der Waals surface area contributed by atoms with E-state index in [0.29, 0.717) is 45.3 Å². The smallest absolute Gasteiger partial charge is 0.329 e. The van der Waals surface area contributed by atoms with Crippen LogP contribution in [0.4, 0.5) is 0 Å². The van der Waals surface area contributed by atoms with Crippen molar-refractivity contribution < 1.29 is 33.4 Å². The second-order valence-corrected chi connectivity index (χ2v) is 20.0. The number of likely N-dealkylation sites (N-methyl/N-ethyl adjacent to an activating group) is 2. The van der Waals surface area contributed by atoms with Gasteiger partial charge in [-0.1, -0.05) is 41.0 Å². The van der Waals surface area contributed by atoms with E-state index in [2.05, 4.69) is 29.0 Å². The lowest BCUT2D eigenvalue weighted by molar-refractivity contribution is -0.164. The Bertz CT molecular complexity index is 1380. The molecule has 4 rings (SSSR count). The third-order valence-electron chi connectivity index (χ3n) is 11.7. The Morgan fingerprint density at radius 1 is 0.745 bits per heavy atom. The van der Waals surface area contributed by atoms with Gasteiger partial charge >= 0.3 is 5.97 Å². The minimum atomic E-state index is -0.787. The molecule has 13 heteroatoms. The molecule has 7 atom stereocenters. The number of nitrogens with zero attached hydrogens (tertiary/aromatic N) is 5. The Labute approximate surface area is 331 Å². The molecule has 4 amide bonds. The molecule has 55 heavy (non-hydrogen) atoms. The fraction of sp³-hybridized carbons (Fsp3) is 0.881. The van der Waals surface area contributed by atoms with E-state index in [1.165, 1.54) is 0 Å². The van der Waals surface area contributed by atoms with Crippen molar-refractivity contribution in [3.05, 3.63) is 0 Å². The zero-order valence-electron chi connectivity index (χ0n) is 36.4. The number of ether oxygens (including phenoxy) is 2. The van der Waals surface area contributed by atoms with Gasteiger partial charge in [0.1, 0.15) is 23.7 Å². The highest BCUT2D eigenvalue weighted by Crippen LogP contribution is 2.32. The number of esters is 1. The van der Waals surface area contributed by atoms with Gasteiger partial charge in [0.25, 0.3) is 0 Å². The van der Waals surface area contributed by atoms with Crippen LogP contribution >= 0.6 is 0 Å². The van der Waals surface area contributed by atoms with Gasteiger partial charge in [0.05, 0.1) is 23.8 Å². The maximum absolute atomic E-state index is 14.5. The maximum atomic E-state index is 14.5. The van der Waals surface area contributed by atoms with Crippen molar-refractivity contribution in [2.45, 2.75) is 181 Å². The fourth-order valence-corrected chi connectivity index (χ4v) is 8.90. The average Bonchev–Trinajstić information content (AvgIpc) is 3.83. The first-order chi connectivity index (χ1) is 25.4. The predicted molar refractivity (Wildman–Crippen MR) is 213 cm³/mol. The molecule has 314 valence electrons. The summed E-state index contributed by atoms with van der Waals surface area (Å²) in [5.41, 5.74) is -1.68. The third-order valence-corrected chi connectivity index (χ3v) is 11.7. The van der Waals surface area contributed by atoms with Crippen LogP contribution in [-0.2, 0) is 33.4 Å². The summed E-state index contributed by atoms with van der Waals surface area (Å²) in [5.74, 6) is -0.914. The summed E-state index contributed by atoms with van der Waals surface area (Å²) in [6.07, 6.45) is 5.58. The molecule has 4 aliphatic heterocycles. The van der Waals surface area contributed by atoms with E-state index in [1.54, 1.807) is 14.7 Å². The van der Waals surface area contributed by atoms with E-state index in [0.717, 1.165) is 32.2 Å². The molecule has 0 aromatic carbocycles. The molecule has 0 spiro atoms. The number of carbonyl (C=O) groups excluding carboxylic acids is 5. The molecule has 0 radical (unpaired) electrons. The Morgan fingerprint density at radius 2 is 1.35 bits per heavy atom. The lowest BCUT2D eigenvalue weighted by Crippen LogP contribution is -2.61. The van der Waals surface area contributed by atoms with E-state index in [1.807, 2.05) is 76.4 Å². The van der Waals surface area contributed by atoms with Crippen LogP contribution in [0.2, 0.25) is 0 Å². The van der Waals surface area contributed by atoms with Gasteiger partial charge in [-0.25, -0.2) is 4.79 Å². The molecule has 4 fully saturated rings. The van der Waals surface area contributed by atoms with Crippen LogP contribution in [0.1, 0.15) is 128 Å². The molecule has 4 heterocycles. The van der Waals surface area contributed by atoms with Crippen molar-refractivity contribution in [2.24, 2.45) is 11.3 Å². The Hall–Kier alpha value is -2.77. The van der Waals surface area contributed by atoms with Crippen molar-refractivity contribution in [3.8, 4) is 0 Å². The molecule has 4 saturated heterocycles. The monoisotopic (exact) mass is 775 g/mol. The van der Waals surface area contributed by atoms with Crippen molar-refractivity contribution in [2.75, 3.05) is 46.8 Å². The minimum absolute atomic E-state index is 0.0724. The number of amides is 4. The molecule has 0 saturated carbocycles. The second kappa shape index (κ2) is 17.8. The van der Waals surface area contributed by atoms with E-state index >= 15 is 0 Å². The molecule has 1 N–H and O–H groups in total. The maximum Gasteiger partial charge on any atom is 0.329 e. The van der Waals surface area contributed by atoms with Gasteiger partial charge in [-0.3, -0.25) is 29.0 Å². The van der Waals surface area contributed by atoms with Crippen LogP contribution in [0, 0.1) is 11.3 Å². The standard InChI is InChI=1S/C42H74N6O7/c1-27(2)33(45(13)38(52)34(40(3,4)5)43-35(49)29-18-14-15-21-44(29)12)26-46-22-16-19-30(46)36(50)47-23-17-20-31(47)37(51)48-25-28(54-41(6,7)8)24-32(48)39(53)55-42(9,10)11/h27-34H,14-26H2,1-13H3,(H,43,49)/t28-,29?,30+,31+,32+,33-,34-/m1/s1. The van der Waals surface area contributed by atoms with Crippen LogP contribution in [0.15, 0.2) is 0 Å². The number of hydrogen-bond donors (Lipinski definition) is 1. The molecule has 0 aliphatic carbocycles. The quantitative estimate of drug-likeness (QED) is 0.309. The van der Waals surface area contributed by atoms with Crippen molar-refractivity contribution in [1.29, 1.82) is 0 Å². The number of piperidine rings is 1. The topological polar surface area (TPSA) is 132 Å². The van der Waals surface area contributed by atoms with E-state index in [4.69, 9.17) is 9.47 Å².